The van der Waals surface area contributed by atoms with Crippen LogP contribution < -0.4 is 0 Å². The van der Waals surface area contributed by atoms with E-state index in [4.69, 9.17) is 58.5 Å². The molecule has 0 spiro atoms. The van der Waals surface area contributed by atoms with Crippen molar-refractivity contribution in [1.29, 1.82) is 0 Å². The minimum Gasteiger partial charge on any atom is -0.458 e. The van der Waals surface area contributed by atoms with Crippen LogP contribution in [0, 0.1) is 30.1 Å². The first-order chi connectivity index (χ1) is 29.9. The van der Waals surface area contributed by atoms with Crippen molar-refractivity contribution < 1.29 is 71.6 Å². The second-order valence-corrected chi connectivity index (χ2v) is 19.6. The quantitative estimate of drug-likeness (QED) is 0.109. The van der Waals surface area contributed by atoms with Crippen molar-refractivity contribution in [1.82, 2.24) is 9.80 Å². The van der Waals surface area contributed by atoms with Crippen LogP contribution in [-0.2, 0) is 61.7 Å². The van der Waals surface area contributed by atoms with Gasteiger partial charge in [0.25, 0.3) is 0 Å². The van der Waals surface area contributed by atoms with Gasteiger partial charge in [0.05, 0.1) is 54.2 Å². The van der Waals surface area contributed by atoms with Crippen molar-refractivity contribution in [3.8, 4) is 12.3 Å². The summed E-state index contributed by atoms with van der Waals surface area (Å²) in [5.41, 5.74) is -3.81. The maximum absolute atomic E-state index is 14.7. The first-order valence-corrected chi connectivity index (χ1v) is 23.1. The zero-order valence-electron chi connectivity index (χ0n) is 41.2. The number of nitrogens with zero attached hydrogens (tertiary/aromatic N) is 2. The van der Waals surface area contributed by atoms with Gasteiger partial charge in [-0.15, -0.1) is 6.42 Å². The molecule has 0 amide bonds. The van der Waals surface area contributed by atoms with Gasteiger partial charge in [0, 0.05) is 45.6 Å². The Balaban J connectivity index is 1.81. The SMILES string of the molecule is C#CCOCCCO[C@H]1[C@H](C)O[C@@H](O[C@H]2[C@H](C)[C@@H](O[C@@H]3O[C@H](C)C[C@H](N(C)C)[C@H]3OC(C)=O)[C@](C)(O)C[C@@H](C)CN(C)[C@H](C)[C@H]3OC(=O)O[C@]3(C)[C@@H](CC)OC(=O)[C@@H]2C)C[C@@]1(C)OC. The highest BCUT2D eigenvalue weighted by molar-refractivity contribution is 5.73. The molecule has 0 aromatic rings. The molecule has 368 valence electrons. The fraction of sp³-hybridized carbons (Fsp3) is 0.894. The Labute approximate surface area is 382 Å². The highest BCUT2D eigenvalue weighted by atomic mass is 16.8. The van der Waals surface area contributed by atoms with E-state index in [0.717, 1.165) is 0 Å². The van der Waals surface area contributed by atoms with E-state index in [1.807, 2.05) is 74.5 Å². The van der Waals surface area contributed by atoms with Crippen LogP contribution >= 0.6 is 0 Å². The molecule has 64 heavy (non-hydrogen) atoms. The number of terminal acetylenes is 1. The third-order valence-corrected chi connectivity index (χ3v) is 13.8. The summed E-state index contributed by atoms with van der Waals surface area (Å²) in [7, 11) is 7.34. The van der Waals surface area contributed by atoms with Gasteiger partial charge in [0.2, 0.25) is 0 Å². The molecule has 17 heteroatoms. The smallest absolute Gasteiger partial charge is 0.458 e. The predicted molar refractivity (Wildman–Crippen MR) is 235 cm³/mol. The Bertz CT molecular complexity index is 1580. The lowest BCUT2D eigenvalue weighted by Gasteiger charge is -2.49. The van der Waals surface area contributed by atoms with E-state index < -0.39 is 102 Å². The molecule has 17 nitrogen and oxygen atoms in total. The van der Waals surface area contributed by atoms with Gasteiger partial charge in [-0.1, -0.05) is 26.7 Å². The Kier molecular flexibility index (Phi) is 19.3. The highest BCUT2D eigenvalue weighted by Gasteiger charge is 2.58. The van der Waals surface area contributed by atoms with Crippen LogP contribution in [0.5, 0.6) is 0 Å². The van der Waals surface area contributed by atoms with Crippen molar-refractivity contribution in [3.05, 3.63) is 0 Å². The molecule has 4 heterocycles. The number of likely N-dealkylation sites (N-methyl/N-ethyl adjacent to an activating group) is 2. The van der Waals surface area contributed by atoms with E-state index in [2.05, 4.69) is 10.8 Å². The Morgan fingerprint density at radius 3 is 2.28 bits per heavy atom. The summed E-state index contributed by atoms with van der Waals surface area (Å²) in [6, 6.07) is -0.645. The average molecular weight is 913 g/mol. The van der Waals surface area contributed by atoms with Gasteiger partial charge in [-0.2, -0.15) is 0 Å². The third kappa shape index (κ3) is 12.9. The zero-order chi connectivity index (χ0) is 47.9. The lowest BCUT2D eigenvalue weighted by Crippen LogP contribution is -2.61. The topological polar surface area (TPSA) is 179 Å². The van der Waals surface area contributed by atoms with Gasteiger partial charge in [0.15, 0.2) is 30.4 Å². The van der Waals surface area contributed by atoms with Gasteiger partial charge < -0.3 is 62.1 Å². The first-order valence-electron chi connectivity index (χ1n) is 23.1. The molecule has 4 fully saturated rings. The van der Waals surface area contributed by atoms with Crippen molar-refractivity contribution in [2.45, 2.75) is 199 Å². The van der Waals surface area contributed by atoms with Gasteiger partial charge in [-0.25, -0.2) is 4.79 Å². The highest BCUT2D eigenvalue weighted by Crippen LogP contribution is 2.42. The summed E-state index contributed by atoms with van der Waals surface area (Å²) in [5.74, 6) is -0.609. The number of hydrogen-bond donors (Lipinski definition) is 1. The zero-order valence-corrected chi connectivity index (χ0v) is 41.2. The Hall–Kier alpha value is -2.63. The van der Waals surface area contributed by atoms with Crippen molar-refractivity contribution in [3.63, 3.8) is 0 Å². The van der Waals surface area contributed by atoms with Gasteiger partial charge in [0.1, 0.15) is 18.8 Å². The van der Waals surface area contributed by atoms with E-state index in [1.165, 1.54) is 6.92 Å². The molecule has 0 unspecified atom stereocenters. The van der Waals surface area contributed by atoms with Crippen molar-refractivity contribution in [2.24, 2.45) is 17.8 Å². The lowest BCUT2D eigenvalue weighted by atomic mass is 9.77. The Morgan fingerprint density at radius 2 is 1.67 bits per heavy atom. The molecule has 0 aliphatic carbocycles. The minimum absolute atomic E-state index is 0.150. The van der Waals surface area contributed by atoms with Gasteiger partial charge in [-0.3, -0.25) is 14.5 Å². The monoisotopic (exact) mass is 913 g/mol. The molecule has 0 saturated carbocycles. The summed E-state index contributed by atoms with van der Waals surface area (Å²) in [4.78, 5) is 44.3. The number of methoxy groups -OCH3 is 1. The number of esters is 2. The molecule has 4 rings (SSSR count). The second-order valence-electron chi connectivity index (χ2n) is 19.6. The van der Waals surface area contributed by atoms with Crippen LogP contribution in [0.15, 0.2) is 0 Å². The molecular weight excluding hydrogens is 833 g/mol. The van der Waals surface area contributed by atoms with E-state index >= 15 is 0 Å². The van der Waals surface area contributed by atoms with Crippen LogP contribution in [0.1, 0.15) is 108 Å². The second kappa shape index (κ2) is 22.9. The predicted octanol–water partition coefficient (Wildman–Crippen LogP) is 4.72. The summed E-state index contributed by atoms with van der Waals surface area (Å²) in [6.45, 7) is 21.4. The number of ether oxygens (including phenoxy) is 11. The fourth-order valence-electron chi connectivity index (χ4n) is 10.5. The van der Waals surface area contributed by atoms with Crippen molar-refractivity contribution in [2.75, 3.05) is 54.6 Å². The lowest BCUT2D eigenvalue weighted by molar-refractivity contribution is -0.321. The summed E-state index contributed by atoms with van der Waals surface area (Å²) < 4.78 is 68.9. The van der Waals surface area contributed by atoms with Crippen LogP contribution in [-0.4, -0.2) is 178 Å². The van der Waals surface area contributed by atoms with Crippen LogP contribution in [0.3, 0.4) is 0 Å². The molecule has 0 aromatic carbocycles. The fourth-order valence-corrected chi connectivity index (χ4v) is 10.5. The number of hydrogen-bond acceptors (Lipinski definition) is 17. The number of aliphatic hydroxyl groups is 1. The van der Waals surface area contributed by atoms with Gasteiger partial charge in [-0.05, 0) is 101 Å². The summed E-state index contributed by atoms with van der Waals surface area (Å²) in [6.07, 6.45) is -1.57. The van der Waals surface area contributed by atoms with E-state index in [-0.39, 0.29) is 43.6 Å². The molecule has 4 aliphatic heterocycles. The molecule has 1 N–H and O–H groups in total. The number of carbonyl (C=O) groups is 3. The molecule has 4 saturated heterocycles. The maximum Gasteiger partial charge on any atom is 0.509 e. The third-order valence-electron chi connectivity index (χ3n) is 13.8. The molecule has 18 atom stereocenters. The average Bonchev–Trinajstić information content (AvgIpc) is 3.52. The molecule has 0 radical (unpaired) electrons. The van der Waals surface area contributed by atoms with Crippen LogP contribution in [0.2, 0.25) is 0 Å². The molecule has 4 aliphatic rings. The molecular formula is C47H80N2O15. The van der Waals surface area contributed by atoms with E-state index in [0.29, 0.717) is 39.0 Å². The Morgan fingerprint density at radius 1 is 0.984 bits per heavy atom. The largest absolute Gasteiger partial charge is 0.509 e. The number of cyclic esters (lactones) is 1. The van der Waals surface area contributed by atoms with Crippen molar-refractivity contribution >= 4 is 18.1 Å². The standard InChI is InChI=1S/C47H80N2O15/c1-17-20-55-21-19-22-56-41-32(8)58-36(25-46(41,11)54-16)61-37-29(5)39(62-43-38(59-33(9)50)34(48(13)14)23-28(4)57-43)45(10,53)24-27(3)26-49(15)31(7)40-47(12,64-44(52)63-40)35(18-2)60-42(51)30(37)6/h1,27-32,34-41,43,53H,18-26H2,2-16H3/t27-,28-,29+,30-,31-,32+,34+,35-,36+,37+,38-,39-,40-,41+,43+,45-,46-,47-/m1/s1. The number of rotatable bonds is 14. The van der Waals surface area contributed by atoms with Gasteiger partial charge >= 0.3 is 18.1 Å². The molecule has 0 bridgehead atoms. The van der Waals surface area contributed by atoms with E-state index in [1.54, 1.807) is 27.9 Å². The minimum atomic E-state index is -1.60. The van der Waals surface area contributed by atoms with E-state index in [9.17, 15) is 19.5 Å². The summed E-state index contributed by atoms with van der Waals surface area (Å²) >= 11 is 0. The normalized spacial score (nSPS) is 42.9. The van der Waals surface area contributed by atoms with Crippen LogP contribution in [0.4, 0.5) is 4.79 Å². The van der Waals surface area contributed by atoms with Crippen LogP contribution in [0.25, 0.3) is 0 Å². The first kappa shape index (κ1) is 54.0. The maximum atomic E-state index is 14.7. The number of fused-ring (bicyclic) bond motifs is 1. The summed E-state index contributed by atoms with van der Waals surface area (Å²) in [5, 5.41) is 12.9. The molecule has 0 aromatic heterocycles. The number of carbonyl (C=O) groups excluding carboxylic acids is 3.